The van der Waals surface area contributed by atoms with Crippen molar-refractivity contribution in [3.8, 4) is 0 Å². The number of aliphatic hydroxyl groups is 2. The molecule has 118 valence electrons. The highest BCUT2D eigenvalue weighted by Gasteiger charge is 2.23. The number of hydrogen-bond acceptors (Lipinski definition) is 4. The predicted molar refractivity (Wildman–Crippen MR) is 81.6 cm³/mol. The van der Waals surface area contributed by atoms with E-state index in [0.717, 1.165) is 5.56 Å². The van der Waals surface area contributed by atoms with E-state index < -0.39 is 12.1 Å². The largest absolute Gasteiger partial charge is 0.465 e. The maximum Gasteiger partial charge on any atom is 0.339 e. The SMILES string of the molecule is COC(=O)c1cc(C[N+](C)(C)CC(O)CO)c(Cl)cc1Cl. The number of aliphatic hydroxyl groups excluding tert-OH is 2. The molecule has 0 fully saturated rings. The van der Waals surface area contributed by atoms with Gasteiger partial charge in [0, 0.05) is 5.56 Å². The number of nitrogens with zero attached hydrogens (tertiary/aromatic N) is 1. The lowest BCUT2D eigenvalue weighted by Crippen LogP contribution is -2.45. The van der Waals surface area contributed by atoms with Gasteiger partial charge >= 0.3 is 5.97 Å². The molecular weight excluding hydrogens is 317 g/mol. The first kappa shape index (κ1) is 18.2. The lowest BCUT2D eigenvalue weighted by atomic mass is 10.1. The third-order valence-corrected chi connectivity index (χ3v) is 3.72. The van der Waals surface area contributed by atoms with Crippen LogP contribution in [0, 0.1) is 0 Å². The van der Waals surface area contributed by atoms with E-state index in [4.69, 9.17) is 28.3 Å². The number of carbonyl (C=O) groups excluding carboxylic acids is 1. The van der Waals surface area contributed by atoms with E-state index in [1.54, 1.807) is 6.07 Å². The molecule has 0 radical (unpaired) electrons. The van der Waals surface area contributed by atoms with E-state index in [-0.39, 0.29) is 17.2 Å². The third kappa shape index (κ3) is 5.13. The van der Waals surface area contributed by atoms with E-state index in [0.29, 0.717) is 22.6 Å². The number of quaternary nitrogens is 1. The Labute approximate surface area is 134 Å². The van der Waals surface area contributed by atoms with Gasteiger partial charge in [-0.2, -0.15) is 0 Å². The minimum atomic E-state index is -0.814. The minimum absolute atomic E-state index is 0.233. The zero-order valence-electron chi connectivity index (χ0n) is 12.3. The summed E-state index contributed by atoms with van der Waals surface area (Å²) in [5.74, 6) is -0.529. The lowest BCUT2D eigenvalue weighted by molar-refractivity contribution is -0.906. The topological polar surface area (TPSA) is 66.8 Å². The summed E-state index contributed by atoms with van der Waals surface area (Å²) in [4.78, 5) is 11.7. The van der Waals surface area contributed by atoms with Crippen LogP contribution < -0.4 is 0 Å². The lowest BCUT2D eigenvalue weighted by Gasteiger charge is -2.32. The van der Waals surface area contributed by atoms with Gasteiger partial charge in [0.15, 0.2) is 0 Å². The summed E-state index contributed by atoms with van der Waals surface area (Å²) >= 11 is 12.2. The molecule has 0 aromatic heterocycles. The van der Waals surface area contributed by atoms with Crippen molar-refractivity contribution in [2.75, 3.05) is 34.4 Å². The summed E-state index contributed by atoms with van der Waals surface area (Å²) in [6, 6.07) is 3.11. The van der Waals surface area contributed by atoms with Gasteiger partial charge in [0.05, 0.1) is 43.4 Å². The first-order chi connectivity index (χ1) is 9.70. The molecule has 0 amide bonds. The predicted octanol–water partition coefficient (Wildman–Crippen LogP) is 1.71. The number of carbonyl (C=O) groups is 1. The van der Waals surface area contributed by atoms with Crippen molar-refractivity contribution in [2.24, 2.45) is 0 Å². The van der Waals surface area contributed by atoms with Crippen LogP contribution in [0.2, 0.25) is 10.0 Å². The number of esters is 1. The maximum atomic E-state index is 11.7. The molecule has 1 aromatic carbocycles. The average molecular weight is 337 g/mol. The number of methoxy groups -OCH3 is 1. The zero-order chi connectivity index (χ0) is 16.2. The first-order valence-corrected chi connectivity index (χ1v) is 7.13. The fourth-order valence-corrected chi connectivity index (χ4v) is 2.66. The Morgan fingerprint density at radius 1 is 1.33 bits per heavy atom. The van der Waals surface area contributed by atoms with Gasteiger partial charge in [0.2, 0.25) is 0 Å². The van der Waals surface area contributed by atoms with Crippen LogP contribution in [-0.4, -0.2) is 61.1 Å². The van der Waals surface area contributed by atoms with Gasteiger partial charge in [-0.25, -0.2) is 4.79 Å². The molecular formula is C14H20Cl2NO4+. The number of hydrogen-bond donors (Lipinski definition) is 2. The second-order valence-electron chi connectivity index (χ2n) is 5.53. The van der Waals surface area contributed by atoms with Gasteiger partial charge in [0.1, 0.15) is 19.2 Å². The van der Waals surface area contributed by atoms with Crippen molar-refractivity contribution in [3.63, 3.8) is 0 Å². The molecule has 0 aliphatic heterocycles. The van der Waals surface area contributed by atoms with Crippen molar-refractivity contribution in [1.29, 1.82) is 0 Å². The second kappa shape index (κ2) is 7.42. The molecule has 1 aromatic rings. The summed E-state index contributed by atoms with van der Waals surface area (Å²) in [6.45, 7) is 0.517. The van der Waals surface area contributed by atoms with E-state index in [2.05, 4.69) is 4.74 Å². The Morgan fingerprint density at radius 3 is 2.48 bits per heavy atom. The molecule has 0 aliphatic rings. The molecule has 0 saturated carbocycles. The van der Waals surface area contributed by atoms with Crippen LogP contribution in [0.5, 0.6) is 0 Å². The van der Waals surface area contributed by atoms with Crippen molar-refractivity contribution < 1.29 is 24.2 Å². The van der Waals surface area contributed by atoms with Crippen LogP contribution in [0.15, 0.2) is 12.1 Å². The fraction of sp³-hybridized carbons (Fsp3) is 0.500. The molecule has 0 heterocycles. The quantitative estimate of drug-likeness (QED) is 0.613. The zero-order valence-corrected chi connectivity index (χ0v) is 13.8. The Hall–Kier alpha value is -0.850. The molecule has 5 nitrogen and oxygen atoms in total. The second-order valence-corrected chi connectivity index (χ2v) is 6.34. The average Bonchev–Trinajstić information content (AvgIpc) is 2.40. The van der Waals surface area contributed by atoms with Crippen molar-refractivity contribution in [3.05, 3.63) is 33.3 Å². The molecule has 7 heteroatoms. The number of ether oxygens (including phenoxy) is 1. The normalized spacial score (nSPS) is 13.1. The molecule has 0 aliphatic carbocycles. The van der Waals surface area contributed by atoms with Crippen molar-refractivity contribution >= 4 is 29.2 Å². The van der Waals surface area contributed by atoms with Crippen LogP contribution in [0.1, 0.15) is 15.9 Å². The van der Waals surface area contributed by atoms with Crippen molar-refractivity contribution in [1.82, 2.24) is 0 Å². The molecule has 21 heavy (non-hydrogen) atoms. The minimum Gasteiger partial charge on any atom is -0.465 e. The summed E-state index contributed by atoms with van der Waals surface area (Å²) in [5, 5.41) is 19.2. The molecule has 1 atom stereocenters. The fourth-order valence-electron chi connectivity index (χ4n) is 2.14. The van der Waals surface area contributed by atoms with Crippen LogP contribution >= 0.6 is 23.2 Å². The van der Waals surface area contributed by atoms with Gasteiger partial charge in [-0.15, -0.1) is 0 Å². The summed E-state index contributed by atoms with van der Waals surface area (Å²) in [7, 11) is 5.06. The van der Waals surface area contributed by atoms with E-state index in [1.165, 1.54) is 13.2 Å². The Kier molecular flexibility index (Phi) is 6.43. The molecule has 0 bridgehead atoms. The van der Waals surface area contributed by atoms with Gasteiger partial charge in [-0.3, -0.25) is 0 Å². The van der Waals surface area contributed by atoms with Gasteiger partial charge in [0.25, 0.3) is 0 Å². The maximum absolute atomic E-state index is 11.7. The van der Waals surface area contributed by atoms with Crippen LogP contribution in [-0.2, 0) is 11.3 Å². The summed E-state index contributed by atoms with van der Waals surface area (Å²) in [5.41, 5.74) is 0.970. The number of rotatable bonds is 6. The molecule has 0 spiro atoms. The van der Waals surface area contributed by atoms with Crippen LogP contribution in [0.4, 0.5) is 0 Å². The van der Waals surface area contributed by atoms with Crippen LogP contribution in [0.3, 0.4) is 0 Å². The van der Waals surface area contributed by atoms with Crippen molar-refractivity contribution in [2.45, 2.75) is 12.6 Å². The monoisotopic (exact) mass is 336 g/mol. The van der Waals surface area contributed by atoms with E-state index >= 15 is 0 Å². The molecule has 1 unspecified atom stereocenters. The summed E-state index contributed by atoms with van der Waals surface area (Å²) < 4.78 is 5.07. The number of benzene rings is 1. The smallest absolute Gasteiger partial charge is 0.339 e. The Morgan fingerprint density at radius 2 is 1.95 bits per heavy atom. The highest BCUT2D eigenvalue weighted by Crippen LogP contribution is 2.28. The highest BCUT2D eigenvalue weighted by atomic mass is 35.5. The number of halogens is 2. The molecule has 1 rings (SSSR count). The highest BCUT2D eigenvalue weighted by molar-refractivity contribution is 6.37. The third-order valence-electron chi connectivity index (χ3n) is 3.06. The van der Waals surface area contributed by atoms with Gasteiger partial charge in [-0.1, -0.05) is 23.2 Å². The van der Waals surface area contributed by atoms with E-state index in [1.807, 2.05) is 14.1 Å². The first-order valence-electron chi connectivity index (χ1n) is 6.37. The van der Waals surface area contributed by atoms with Crippen LogP contribution in [0.25, 0.3) is 0 Å². The standard InChI is InChI=1S/C14H20Cl2NO4/c1-17(2,7-10(19)8-18)6-9-4-11(14(20)21-3)13(16)5-12(9)15/h4-5,10,18-19H,6-8H2,1-3H3/q+1. The van der Waals surface area contributed by atoms with Gasteiger partial charge in [-0.05, 0) is 12.1 Å². The van der Waals surface area contributed by atoms with Gasteiger partial charge < -0.3 is 19.4 Å². The molecule has 0 saturated heterocycles. The van der Waals surface area contributed by atoms with E-state index in [9.17, 15) is 9.90 Å². The molecule has 2 N–H and O–H groups in total. The summed E-state index contributed by atoms with van der Waals surface area (Å²) in [6.07, 6.45) is -0.814. The Balaban J connectivity index is 3.05. The Bertz CT molecular complexity index is 520. The number of likely N-dealkylation sites (N-methyl/N-ethyl adjacent to an activating group) is 1.